The Morgan fingerprint density at radius 1 is 0.459 bits per heavy atom. The predicted octanol–water partition coefficient (Wildman–Crippen LogP) is 9.64. The van der Waals surface area contributed by atoms with Gasteiger partial charge in [-0.2, -0.15) is 0 Å². The molecule has 0 amide bonds. The van der Waals surface area contributed by atoms with Gasteiger partial charge in [-0.25, -0.2) is 0 Å². The second-order valence-corrected chi connectivity index (χ2v) is 11.7. The van der Waals surface area contributed by atoms with Crippen molar-refractivity contribution in [2.75, 3.05) is 13.2 Å². The smallest absolute Gasteiger partial charge is 0.305 e. The van der Waals surface area contributed by atoms with Crippen LogP contribution in [0.4, 0.5) is 0 Å². The molecule has 2 heterocycles. The maximum absolute atomic E-state index is 11.5. The molecule has 0 aromatic carbocycles. The van der Waals surface area contributed by atoms with Gasteiger partial charge in [-0.3, -0.25) is 9.59 Å². The summed E-state index contributed by atoms with van der Waals surface area (Å²) >= 11 is 0. The van der Waals surface area contributed by atoms with Crippen molar-refractivity contribution in [1.82, 2.24) is 0 Å². The first kappa shape index (κ1) is 31.9. The van der Waals surface area contributed by atoms with Gasteiger partial charge in [0.15, 0.2) is 0 Å². The summed E-state index contributed by atoms with van der Waals surface area (Å²) in [6.07, 6.45) is 34.8. The van der Waals surface area contributed by atoms with Crippen molar-refractivity contribution < 1.29 is 19.1 Å². The molecule has 0 aromatic heterocycles. The van der Waals surface area contributed by atoms with Gasteiger partial charge in [-0.05, 0) is 69.6 Å². The molecule has 3 aliphatic rings. The van der Waals surface area contributed by atoms with Gasteiger partial charge in [0.2, 0.25) is 0 Å². The van der Waals surface area contributed by atoms with Gasteiger partial charge < -0.3 is 9.47 Å². The van der Waals surface area contributed by atoms with Gasteiger partial charge in [-0.1, -0.05) is 102 Å². The molecule has 3 rings (SSSR count). The standard InChI is InChI=1S/C17H30O2.C16H28O2/c18-17-12-8-3-1-2-6-10-15-14-16(15)11-7-4-5-9-13-19-17;17-16-14-12-10-8-6-4-2-1-3-5-7-9-11-13-15-18-16/h15-16H,1-14H2;1,3H,2,4-15H2/b;3-1+. The monoisotopic (exact) mass is 518 g/mol. The van der Waals surface area contributed by atoms with Crippen LogP contribution in [-0.2, 0) is 19.1 Å². The molecule has 2 atom stereocenters. The van der Waals surface area contributed by atoms with E-state index in [0.717, 1.165) is 37.5 Å². The Labute approximate surface area is 228 Å². The van der Waals surface area contributed by atoms with Crippen LogP contribution in [0.25, 0.3) is 0 Å². The van der Waals surface area contributed by atoms with Crippen molar-refractivity contribution in [1.29, 1.82) is 0 Å². The molecule has 1 saturated carbocycles. The van der Waals surface area contributed by atoms with Gasteiger partial charge in [0.25, 0.3) is 0 Å². The zero-order valence-electron chi connectivity index (χ0n) is 24.0. The molecular weight excluding hydrogens is 460 g/mol. The Hall–Kier alpha value is -1.32. The summed E-state index contributed by atoms with van der Waals surface area (Å²) in [5.74, 6) is 2.15. The quantitative estimate of drug-likeness (QED) is 0.236. The number of cyclic esters (lactones) is 2. The first-order valence-corrected chi connectivity index (χ1v) is 16.2. The number of hydrogen-bond donors (Lipinski definition) is 0. The third-order valence-electron chi connectivity index (χ3n) is 8.20. The molecule has 37 heavy (non-hydrogen) atoms. The molecule has 0 radical (unpaired) electrons. The van der Waals surface area contributed by atoms with E-state index in [1.807, 2.05) is 0 Å². The minimum absolute atomic E-state index is 0.000910. The van der Waals surface area contributed by atoms with Crippen molar-refractivity contribution in [3.63, 3.8) is 0 Å². The molecule has 1 aliphatic carbocycles. The Morgan fingerprint density at radius 2 is 0.838 bits per heavy atom. The van der Waals surface area contributed by atoms with Crippen LogP contribution >= 0.6 is 0 Å². The van der Waals surface area contributed by atoms with Crippen LogP contribution in [0, 0.1) is 11.8 Å². The summed E-state index contributed by atoms with van der Waals surface area (Å²) in [5.41, 5.74) is 0. The van der Waals surface area contributed by atoms with Gasteiger partial charge in [-0.15, -0.1) is 0 Å². The molecule has 0 bridgehead atoms. The fourth-order valence-electron chi connectivity index (χ4n) is 5.62. The summed E-state index contributed by atoms with van der Waals surface area (Å²) in [4.78, 5) is 22.9. The molecular formula is C33H58O4. The largest absolute Gasteiger partial charge is 0.466 e. The topological polar surface area (TPSA) is 52.6 Å². The van der Waals surface area contributed by atoms with Crippen molar-refractivity contribution in [3.8, 4) is 0 Å². The third-order valence-corrected chi connectivity index (χ3v) is 8.20. The van der Waals surface area contributed by atoms with E-state index >= 15 is 0 Å². The Balaban J connectivity index is 0.000000261. The summed E-state index contributed by atoms with van der Waals surface area (Å²) in [6.45, 7) is 1.26. The SMILES string of the molecule is O=C1CCCCCCC/C=C/CCCCCCO1.O=C1CCCCCCCC2CC2CCCCCCO1. The molecule has 4 nitrogen and oxygen atoms in total. The van der Waals surface area contributed by atoms with E-state index < -0.39 is 0 Å². The van der Waals surface area contributed by atoms with Crippen LogP contribution in [0.15, 0.2) is 12.2 Å². The van der Waals surface area contributed by atoms with E-state index in [1.54, 1.807) is 0 Å². The molecule has 214 valence electrons. The first-order valence-electron chi connectivity index (χ1n) is 16.2. The second-order valence-electron chi connectivity index (χ2n) is 11.7. The lowest BCUT2D eigenvalue weighted by atomic mass is 10.0. The number of carbonyl (C=O) groups excluding carboxylic acids is 2. The summed E-state index contributed by atoms with van der Waals surface area (Å²) in [7, 11) is 0. The minimum atomic E-state index is 0.000910. The molecule has 4 heteroatoms. The normalized spacial score (nSPS) is 28.0. The molecule has 2 unspecified atom stereocenters. The van der Waals surface area contributed by atoms with E-state index in [-0.39, 0.29) is 11.9 Å². The third kappa shape index (κ3) is 19.4. The van der Waals surface area contributed by atoms with Crippen molar-refractivity contribution in [2.45, 2.75) is 161 Å². The number of hydrogen-bond acceptors (Lipinski definition) is 4. The fraction of sp³-hybridized carbons (Fsp3) is 0.879. The Bertz CT molecular complexity index is 553. The lowest BCUT2D eigenvalue weighted by Gasteiger charge is -2.04. The van der Waals surface area contributed by atoms with Crippen molar-refractivity contribution >= 4 is 11.9 Å². The number of rotatable bonds is 0. The highest BCUT2D eigenvalue weighted by Crippen LogP contribution is 2.45. The Kier molecular flexibility index (Phi) is 19.5. The van der Waals surface area contributed by atoms with Crippen LogP contribution < -0.4 is 0 Å². The average Bonchev–Trinajstić information content (AvgIpc) is 3.64. The van der Waals surface area contributed by atoms with Crippen LogP contribution in [0.1, 0.15) is 161 Å². The number of carbonyl (C=O) groups is 2. The maximum Gasteiger partial charge on any atom is 0.305 e. The molecule has 1 saturated heterocycles. The zero-order valence-corrected chi connectivity index (χ0v) is 24.0. The summed E-state index contributed by atoms with van der Waals surface area (Å²) in [6, 6.07) is 0. The van der Waals surface area contributed by atoms with Gasteiger partial charge in [0, 0.05) is 12.8 Å². The highest BCUT2D eigenvalue weighted by Gasteiger charge is 2.35. The number of fused-ring (bicyclic) bond motifs is 1. The van der Waals surface area contributed by atoms with Crippen LogP contribution in [0.3, 0.4) is 0 Å². The maximum atomic E-state index is 11.5. The van der Waals surface area contributed by atoms with Crippen LogP contribution in [-0.4, -0.2) is 25.2 Å². The highest BCUT2D eigenvalue weighted by atomic mass is 16.5. The molecule has 0 aromatic rings. The molecule has 0 N–H and O–H groups in total. The average molecular weight is 519 g/mol. The van der Waals surface area contributed by atoms with Gasteiger partial charge in [0.05, 0.1) is 13.2 Å². The molecule has 0 spiro atoms. The predicted molar refractivity (Wildman–Crippen MR) is 153 cm³/mol. The molecule has 2 fully saturated rings. The second kappa shape index (κ2) is 22.6. The van der Waals surface area contributed by atoms with Crippen molar-refractivity contribution in [2.24, 2.45) is 11.8 Å². The van der Waals surface area contributed by atoms with E-state index in [4.69, 9.17) is 9.47 Å². The Morgan fingerprint density at radius 3 is 1.32 bits per heavy atom. The van der Waals surface area contributed by atoms with Crippen molar-refractivity contribution in [3.05, 3.63) is 12.2 Å². The zero-order chi connectivity index (χ0) is 26.2. The summed E-state index contributed by atoms with van der Waals surface area (Å²) < 4.78 is 10.5. The minimum Gasteiger partial charge on any atom is -0.466 e. The van der Waals surface area contributed by atoms with E-state index in [0.29, 0.717) is 26.1 Å². The van der Waals surface area contributed by atoms with E-state index in [1.165, 1.54) is 122 Å². The lowest BCUT2D eigenvalue weighted by molar-refractivity contribution is -0.144. The fourth-order valence-corrected chi connectivity index (χ4v) is 5.62. The van der Waals surface area contributed by atoms with E-state index in [9.17, 15) is 9.59 Å². The number of esters is 2. The highest BCUT2D eigenvalue weighted by molar-refractivity contribution is 5.69. The summed E-state index contributed by atoms with van der Waals surface area (Å²) in [5, 5.41) is 0. The first-order chi connectivity index (χ1) is 18.3. The lowest BCUT2D eigenvalue weighted by Crippen LogP contribution is -2.05. The van der Waals surface area contributed by atoms with E-state index in [2.05, 4.69) is 12.2 Å². The molecule has 2 aliphatic heterocycles. The van der Waals surface area contributed by atoms with Crippen LogP contribution in [0.5, 0.6) is 0 Å². The van der Waals surface area contributed by atoms with Gasteiger partial charge in [0.1, 0.15) is 0 Å². The van der Waals surface area contributed by atoms with Crippen LogP contribution in [0.2, 0.25) is 0 Å². The van der Waals surface area contributed by atoms with Gasteiger partial charge >= 0.3 is 11.9 Å². The number of allylic oxidation sites excluding steroid dienone is 2. The number of ether oxygens (including phenoxy) is 2.